The molecule has 0 radical (unpaired) electrons. The van der Waals surface area contributed by atoms with E-state index >= 15 is 0 Å². The Kier molecular flexibility index (Phi) is 4.62. The number of hydrogen-bond donors (Lipinski definition) is 2. The molecule has 0 aromatic heterocycles. The number of halogens is 3. The zero-order valence-corrected chi connectivity index (χ0v) is 14.2. The third-order valence-electron chi connectivity index (χ3n) is 3.68. The minimum Gasteiger partial charge on any atom is -0.507 e. The minimum absolute atomic E-state index is 0.0314. The number of fused-ring (bicyclic) bond motifs is 1. The Labute approximate surface area is 151 Å². The maximum atomic E-state index is 13.0. The van der Waals surface area contributed by atoms with Gasteiger partial charge in [0.15, 0.2) is 0 Å². The molecule has 2 N–H and O–H groups in total. The lowest BCUT2D eigenvalue weighted by atomic mass is 10.1. The fourth-order valence-electron chi connectivity index (χ4n) is 2.50. The monoisotopic (exact) mass is 396 g/mol. The van der Waals surface area contributed by atoms with Crippen molar-refractivity contribution >= 4 is 32.3 Å². The predicted molar refractivity (Wildman–Crippen MR) is 91.0 cm³/mol. The molecule has 0 aliphatic heterocycles. The molecule has 0 saturated carbocycles. The van der Waals surface area contributed by atoms with E-state index in [0.29, 0.717) is 0 Å². The van der Waals surface area contributed by atoms with Gasteiger partial charge in [-0.3, -0.25) is 4.55 Å². The highest BCUT2D eigenvalue weighted by atomic mass is 32.2. The van der Waals surface area contributed by atoms with Crippen LogP contribution in [0.1, 0.15) is 5.56 Å². The van der Waals surface area contributed by atoms with Crippen molar-refractivity contribution in [3.63, 3.8) is 0 Å². The molecule has 10 heteroatoms. The van der Waals surface area contributed by atoms with Crippen LogP contribution in [0.4, 0.5) is 24.5 Å². The van der Waals surface area contributed by atoms with Crippen molar-refractivity contribution in [2.45, 2.75) is 11.1 Å². The van der Waals surface area contributed by atoms with Crippen LogP contribution in [0, 0.1) is 0 Å². The summed E-state index contributed by atoms with van der Waals surface area (Å²) >= 11 is 0. The first-order chi connectivity index (χ1) is 12.6. The van der Waals surface area contributed by atoms with E-state index in [1.165, 1.54) is 30.3 Å². The van der Waals surface area contributed by atoms with Crippen molar-refractivity contribution in [1.29, 1.82) is 0 Å². The standard InChI is InChI=1S/C17H11F3N2O4S/c18-17(19,20)12-5-1-2-6-13(12)21-22-14-7-3-4-10-8-11(27(24,25)26)9-15(23)16(10)14/h1-9,23H,(H,24,25,26)/b22-21+. The number of alkyl halides is 3. The number of azo groups is 1. The largest absolute Gasteiger partial charge is 0.507 e. The molecule has 0 unspecified atom stereocenters. The maximum absolute atomic E-state index is 13.0. The van der Waals surface area contributed by atoms with Crippen LogP contribution in [0.3, 0.4) is 0 Å². The summed E-state index contributed by atoms with van der Waals surface area (Å²) in [6.45, 7) is 0. The first-order valence-electron chi connectivity index (χ1n) is 7.38. The molecular weight excluding hydrogens is 385 g/mol. The molecule has 27 heavy (non-hydrogen) atoms. The summed E-state index contributed by atoms with van der Waals surface area (Å²) in [5.41, 5.74) is -1.34. The summed E-state index contributed by atoms with van der Waals surface area (Å²) in [5, 5.41) is 17.8. The van der Waals surface area contributed by atoms with E-state index in [1.54, 1.807) is 0 Å². The number of phenolic OH excluding ortho intramolecular Hbond substituents is 1. The second-order valence-electron chi connectivity index (χ2n) is 5.51. The van der Waals surface area contributed by atoms with Gasteiger partial charge in [-0.05, 0) is 29.7 Å². The van der Waals surface area contributed by atoms with Crippen LogP contribution in [-0.2, 0) is 16.3 Å². The highest BCUT2D eigenvalue weighted by Crippen LogP contribution is 2.39. The smallest absolute Gasteiger partial charge is 0.418 e. The van der Waals surface area contributed by atoms with E-state index in [4.69, 9.17) is 4.55 Å². The van der Waals surface area contributed by atoms with Crippen molar-refractivity contribution in [1.82, 2.24) is 0 Å². The van der Waals surface area contributed by atoms with Gasteiger partial charge in [0.2, 0.25) is 0 Å². The Morgan fingerprint density at radius 1 is 0.889 bits per heavy atom. The molecule has 6 nitrogen and oxygen atoms in total. The van der Waals surface area contributed by atoms with Gasteiger partial charge in [0.25, 0.3) is 10.1 Å². The van der Waals surface area contributed by atoms with Crippen LogP contribution < -0.4 is 0 Å². The first kappa shape index (κ1) is 18.8. The summed E-state index contributed by atoms with van der Waals surface area (Å²) in [6.07, 6.45) is -4.61. The third-order valence-corrected chi connectivity index (χ3v) is 4.51. The van der Waals surface area contributed by atoms with Gasteiger partial charge in [-0.2, -0.15) is 21.6 Å². The molecule has 0 spiro atoms. The molecule has 0 amide bonds. The third kappa shape index (κ3) is 3.91. The van der Waals surface area contributed by atoms with Crippen LogP contribution in [0.15, 0.2) is 69.7 Å². The average Bonchev–Trinajstić information content (AvgIpc) is 2.58. The fourth-order valence-corrected chi connectivity index (χ4v) is 3.04. The van der Waals surface area contributed by atoms with Gasteiger partial charge >= 0.3 is 6.18 Å². The second-order valence-corrected chi connectivity index (χ2v) is 6.93. The number of hydrogen-bond acceptors (Lipinski definition) is 5. The zero-order valence-electron chi connectivity index (χ0n) is 13.3. The Balaban J connectivity index is 2.13. The fraction of sp³-hybridized carbons (Fsp3) is 0.0588. The summed E-state index contributed by atoms with van der Waals surface area (Å²) in [7, 11) is -4.55. The molecule has 3 rings (SSSR count). The van der Waals surface area contributed by atoms with E-state index < -0.39 is 38.2 Å². The van der Waals surface area contributed by atoms with E-state index in [-0.39, 0.29) is 16.5 Å². The molecule has 0 heterocycles. The van der Waals surface area contributed by atoms with E-state index in [9.17, 15) is 26.7 Å². The van der Waals surface area contributed by atoms with Gasteiger partial charge in [0, 0.05) is 6.07 Å². The number of aromatic hydroxyl groups is 1. The van der Waals surface area contributed by atoms with Crippen molar-refractivity contribution in [3.8, 4) is 5.75 Å². The number of rotatable bonds is 3. The summed E-state index contributed by atoms with van der Waals surface area (Å²) in [5.74, 6) is -0.515. The second kappa shape index (κ2) is 6.63. The molecule has 140 valence electrons. The molecule has 0 bridgehead atoms. The van der Waals surface area contributed by atoms with Crippen molar-refractivity contribution < 1.29 is 31.2 Å². The molecule has 0 fully saturated rings. The van der Waals surface area contributed by atoms with Gasteiger partial charge in [-0.25, -0.2) is 0 Å². The number of phenols is 1. The van der Waals surface area contributed by atoms with E-state index in [2.05, 4.69) is 10.2 Å². The van der Waals surface area contributed by atoms with Crippen LogP contribution >= 0.6 is 0 Å². The zero-order chi connectivity index (χ0) is 19.8. The molecular formula is C17H11F3N2O4S. The lowest BCUT2D eigenvalue weighted by molar-refractivity contribution is -0.137. The highest BCUT2D eigenvalue weighted by Gasteiger charge is 2.33. The van der Waals surface area contributed by atoms with Crippen molar-refractivity contribution in [2.24, 2.45) is 10.2 Å². The minimum atomic E-state index is -4.61. The topological polar surface area (TPSA) is 99.3 Å². The first-order valence-corrected chi connectivity index (χ1v) is 8.82. The predicted octanol–water partition coefficient (Wildman–Crippen LogP) is 5.23. The number of nitrogens with zero attached hydrogens (tertiary/aromatic N) is 2. The van der Waals surface area contributed by atoms with Gasteiger partial charge < -0.3 is 5.11 Å². The molecule has 0 aliphatic carbocycles. The van der Waals surface area contributed by atoms with Crippen LogP contribution in [0.25, 0.3) is 10.8 Å². The average molecular weight is 396 g/mol. The highest BCUT2D eigenvalue weighted by molar-refractivity contribution is 7.85. The van der Waals surface area contributed by atoms with Crippen molar-refractivity contribution in [2.75, 3.05) is 0 Å². The molecule has 0 atom stereocenters. The Hall–Kier alpha value is -2.98. The van der Waals surface area contributed by atoms with Crippen LogP contribution in [0.5, 0.6) is 5.75 Å². The Morgan fingerprint density at radius 2 is 1.52 bits per heavy atom. The quantitative estimate of drug-likeness (QED) is 0.468. The summed E-state index contributed by atoms with van der Waals surface area (Å²) < 4.78 is 70.7. The maximum Gasteiger partial charge on any atom is 0.418 e. The van der Waals surface area contributed by atoms with E-state index in [1.807, 2.05) is 0 Å². The van der Waals surface area contributed by atoms with Crippen LogP contribution in [0.2, 0.25) is 0 Å². The van der Waals surface area contributed by atoms with Gasteiger partial charge in [0.05, 0.1) is 27.2 Å². The van der Waals surface area contributed by atoms with Crippen LogP contribution in [-0.4, -0.2) is 18.1 Å². The molecule has 3 aromatic carbocycles. The van der Waals surface area contributed by atoms with Gasteiger partial charge in [-0.1, -0.05) is 24.3 Å². The molecule has 0 saturated heterocycles. The van der Waals surface area contributed by atoms with Gasteiger partial charge in [-0.15, -0.1) is 10.2 Å². The lowest BCUT2D eigenvalue weighted by Crippen LogP contribution is -2.04. The normalized spacial score (nSPS) is 12.7. The van der Waals surface area contributed by atoms with E-state index in [0.717, 1.165) is 24.3 Å². The summed E-state index contributed by atoms with van der Waals surface area (Å²) in [6, 6.07) is 10.8. The van der Waals surface area contributed by atoms with Crippen molar-refractivity contribution in [3.05, 3.63) is 60.2 Å². The Bertz CT molecular complexity index is 1160. The SMILES string of the molecule is O=S(=O)(O)c1cc(O)c2c(/N=N/c3ccccc3C(F)(F)F)cccc2c1. The van der Waals surface area contributed by atoms with Gasteiger partial charge in [0.1, 0.15) is 5.75 Å². The Morgan fingerprint density at radius 3 is 2.19 bits per heavy atom. The molecule has 0 aliphatic rings. The lowest BCUT2D eigenvalue weighted by Gasteiger charge is -2.09. The number of benzene rings is 3. The molecule has 3 aromatic rings. The summed E-state index contributed by atoms with van der Waals surface area (Å²) in [4.78, 5) is -0.524.